The number of carbonyl (C=O) groups excluding carboxylic acids is 1. The van der Waals surface area contributed by atoms with Gasteiger partial charge in [0.1, 0.15) is 0 Å². The second-order valence-electron chi connectivity index (χ2n) is 5.08. The molecule has 0 aromatic heterocycles. The van der Waals surface area contributed by atoms with Crippen LogP contribution in [0.5, 0.6) is 0 Å². The summed E-state index contributed by atoms with van der Waals surface area (Å²) >= 11 is 3.54. The summed E-state index contributed by atoms with van der Waals surface area (Å²) in [5.41, 5.74) is 4.98. The summed E-state index contributed by atoms with van der Waals surface area (Å²) in [6.07, 6.45) is 1.77. The molecule has 0 saturated carbocycles. The van der Waals surface area contributed by atoms with Gasteiger partial charge in [-0.3, -0.25) is 4.79 Å². The Morgan fingerprint density at radius 2 is 1.67 bits per heavy atom. The number of hydrogen-bond donors (Lipinski definition) is 1. The van der Waals surface area contributed by atoms with Crippen molar-refractivity contribution in [1.82, 2.24) is 0 Å². The van der Waals surface area contributed by atoms with E-state index in [0.717, 1.165) is 45.3 Å². The average molecular weight is 346 g/mol. The summed E-state index contributed by atoms with van der Waals surface area (Å²) in [5.74, 6) is -0.0418. The zero-order valence-corrected chi connectivity index (χ0v) is 14.3. The quantitative estimate of drug-likeness (QED) is 0.816. The maximum atomic E-state index is 12.5. The Bertz CT molecular complexity index is 639. The first-order valence-corrected chi connectivity index (χ1v) is 8.04. The van der Waals surface area contributed by atoms with Crippen molar-refractivity contribution in [2.75, 3.05) is 5.32 Å². The molecule has 2 aromatic rings. The number of aryl methyl sites for hydroxylation is 3. The van der Waals surface area contributed by atoms with E-state index in [1.54, 1.807) is 0 Å². The topological polar surface area (TPSA) is 29.1 Å². The predicted octanol–water partition coefficient (Wildman–Crippen LogP) is 5.13. The smallest absolute Gasteiger partial charge is 0.255 e. The van der Waals surface area contributed by atoms with Crippen molar-refractivity contribution in [2.45, 2.75) is 33.6 Å². The van der Waals surface area contributed by atoms with Crippen molar-refractivity contribution < 1.29 is 4.79 Å². The zero-order valence-electron chi connectivity index (χ0n) is 12.7. The lowest BCUT2D eigenvalue weighted by Gasteiger charge is -2.16. The molecule has 2 nitrogen and oxygen atoms in total. The third-order valence-corrected chi connectivity index (χ3v) is 4.11. The molecule has 0 aliphatic rings. The molecule has 0 bridgehead atoms. The van der Waals surface area contributed by atoms with E-state index in [1.807, 2.05) is 31.2 Å². The molecular formula is C18H20BrNO. The first kappa shape index (κ1) is 15.8. The molecule has 0 radical (unpaired) electrons. The highest BCUT2D eigenvalue weighted by molar-refractivity contribution is 9.10. The summed E-state index contributed by atoms with van der Waals surface area (Å²) in [7, 11) is 0. The lowest BCUT2D eigenvalue weighted by atomic mass is 10.0. The van der Waals surface area contributed by atoms with Crippen LogP contribution in [0.25, 0.3) is 0 Å². The lowest BCUT2D eigenvalue weighted by Crippen LogP contribution is -2.16. The van der Waals surface area contributed by atoms with Crippen LogP contribution in [0.15, 0.2) is 40.9 Å². The number of hydrogen-bond acceptors (Lipinski definition) is 1. The molecule has 0 saturated heterocycles. The maximum absolute atomic E-state index is 12.5. The Morgan fingerprint density at radius 3 is 2.19 bits per heavy atom. The number of amides is 1. The normalized spacial score (nSPS) is 10.5. The first-order valence-electron chi connectivity index (χ1n) is 7.25. The van der Waals surface area contributed by atoms with Crippen molar-refractivity contribution in [3.05, 3.63) is 63.1 Å². The van der Waals surface area contributed by atoms with Crippen LogP contribution in [0.3, 0.4) is 0 Å². The van der Waals surface area contributed by atoms with Gasteiger partial charge in [0.2, 0.25) is 0 Å². The number of halogens is 1. The molecule has 0 heterocycles. The SMILES string of the molecule is CCc1cc(Br)cc(CC)c1NC(=O)c1ccccc1C. The number of rotatable bonds is 4. The van der Waals surface area contributed by atoms with Gasteiger partial charge in [-0.05, 0) is 54.7 Å². The van der Waals surface area contributed by atoms with Crippen molar-refractivity contribution in [1.29, 1.82) is 0 Å². The van der Waals surface area contributed by atoms with E-state index in [-0.39, 0.29) is 5.91 Å². The highest BCUT2D eigenvalue weighted by atomic mass is 79.9. The van der Waals surface area contributed by atoms with Gasteiger partial charge in [-0.15, -0.1) is 0 Å². The number of nitrogens with one attached hydrogen (secondary N) is 1. The zero-order chi connectivity index (χ0) is 15.4. The van der Waals surface area contributed by atoms with Crippen LogP contribution in [0.1, 0.15) is 40.9 Å². The number of benzene rings is 2. The van der Waals surface area contributed by atoms with Crippen molar-refractivity contribution in [3.8, 4) is 0 Å². The Hall–Kier alpha value is -1.61. The highest BCUT2D eigenvalue weighted by Gasteiger charge is 2.14. The van der Waals surface area contributed by atoms with Gasteiger partial charge in [-0.25, -0.2) is 0 Å². The van der Waals surface area contributed by atoms with E-state index < -0.39 is 0 Å². The molecule has 1 N–H and O–H groups in total. The standard InChI is InChI=1S/C18H20BrNO/c1-4-13-10-15(19)11-14(5-2)17(13)20-18(21)16-9-7-6-8-12(16)3/h6-11H,4-5H2,1-3H3,(H,20,21). The Morgan fingerprint density at radius 1 is 1.10 bits per heavy atom. The molecule has 0 atom stereocenters. The average Bonchev–Trinajstić information content (AvgIpc) is 2.48. The van der Waals surface area contributed by atoms with E-state index in [1.165, 1.54) is 0 Å². The molecule has 0 unspecified atom stereocenters. The van der Waals surface area contributed by atoms with Crippen LogP contribution in [-0.2, 0) is 12.8 Å². The summed E-state index contributed by atoms with van der Waals surface area (Å²) in [5, 5.41) is 3.11. The van der Waals surface area contributed by atoms with Crippen LogP contribution in [0.4, 0.5) is 5.69 Å². The molecule has 0 aliphatic carbocycles. The molecule has 1 amide bonds. The Balaban J connectivity index is 2.39. The van der Waals surface area contributed by atoms with Crippen LogP contribution in [0.2, 0.25) is 0 Å². The minimum atomic E-state index is -0.0418. The van der Waals surface area contributed by atoms with Crippen LogP contribution in [-0.4, -0.2) is 5.91 Å². The fraction of sp³-hybridized carbons (Fsp3) is 0.278. The Kier molecular flexibility index (Phi) is 5.18. The summed E-state index contributed by atoms with van der Waals surface area (Å²) in [6.45, 7) is 6.16. The maximum Gasteiger partial charge on any atom is 0.255 e. The van der Waals surface area contributed by atoms with E-state index in [4.69, 9.17) is 0 Å². The molecule has 2 rings (SSSR count). The van der Waals surface area contributed by atoms with Crippen LogP contribution >= 0.6 is 15.9 Å². The predicted molar refractivity (Wildman–Crippen MR) is 92.0 cm³/mol. The highest BCUT2D eigenvalue weighted by Crippen LogP contribution is 2.28. The van der Waals surface area contributed by atoms with E-state index in [9.17, 15) is 4.79 Å². The number of anilines is 1. The van der Waals surface area contributed by atoms with E-state index >= 15 is 0 Å². The third-order valence-electron chi connectivity index (χ3n) is 3.66. The van der Waals surface area contributed by atoms with E-state index in [0.29, 0.717) is 0 Å². The van der Waals surface area contributed by atoms with E-state index in [2.05, 4.69) is 47.2 Å². The second kappa shape index (κ2) is 6.90. The molecule has 2 aromatic carbocycles. The lowest BCUT2D eigenvalue weighted by molar-refractivity contribution is 0.102. The summed E-state index contributed by atoms with van der Waals surface area (Å²) in [6, 6.07) is 11.8. The molecule has 3 heteroatoms. The third kappa shape index (κ3) is 3.53. The van der Waals surface area contributed by atoms with Crippen LogP contribution in [0, 0.1) is 6.92 Å². The molecule has 21 heavy (non-hydrogen) atoms. The molecule has 0 aliphatic heterocycles. The Labute approximate surface area is 134 Å². The van der Waals surface area contributed by atoms with Gasteiger partial charge < -0.3 is 5.32 Å². The molecule has 110 valence electrons. The number of carbonyl (C=O) groups is 1. The molecular weight excluding hydrogens is 326 g/mol. The fourth-order valence-electron chi connectivity index (χ4n) is 2.45. The minimum absolute atomic E-state index is 0.0418. The van der Waals surface area contributed by atoms with Gasteiger partial charge in [0.25, 0.3) is 5.91 Å². The second-order valence-corrected chi connectivity index (χ2v) is 5.99. The van der Waals surface area contributed by atoms with Gasteiger partial charge in [-0.1, -0.05) is 48.0 Å². The summed E-state index contributed by atoms with van der Waals surface area (Å²) < 4.78 is 1.06. The molecule has 0 fully saturated rings. The first-order chi connectivity index (χ1) is 10.1. The molecule has 0 spiro atoms. The van der Waals surface area contributed by atoms with Crippen molar-refractivity contribution in [3.63, 3.8) is 0 Å². The monoisotopic (exact) mass is 345 g/mol. The van der Waals surface area contributed by atoms with Gasteiger partial charge in [0, 0.05) is 15.7 Å². The van der Waals surface area contributed by atoms with Gasteiger partial charge in [-0.2, -0.15) is 0 Å². The van der Waals surface area contributed by atoms with Gasteiger partial charge in [0.15, 0.2) is 0 Å². The fourth-order valence-corrected chi connectivity index (χ4v) is 3.00. The van der Waals surface area contributed by atoms with Crippen molar-refractivity contribution >= 4 is 27.5 Å². The summed E-state index contributed by atoms with van der Waals surface area (Å²) in [4.78, 5) is 12.5. The van der Waals surface area contributed by atoms with Crippen LogP contribution < -0.4 is 5.32 Å². The van der Waals surface area contributed by atoms with Crippen molar-refractivity contribution in [2.24, 2.45) is 0 Å². The van der Waals surface area contributed by atoms with Gasteiger partial charge in [0.05, 0.1) is 0 Å². The minimum Gasteiger partial charge on any atom is -0.321 e. The van der Waals surface area contributed by atoms with Gasteiger partial charge >= 0.3 is 0 Å². The largest absolute Gasteiger partial charge is 0.321 e.